The number of fused-ring (bicyclic) bond motifs is 1. The van der Waals surface area contributed by atoms with E-state index in [0.717, 1.165) is 11.3 Å². The SMILES string of the molecule is FC(F)CNCC1Cc2cc(Cl)ccc2O1. The van der Waals surface area contributed by atoms with E-state index >= 15 is 0 Å². The molecule has 0 fully saturated rings. The fraction of sp³-hybridized carbons (Fsp3) is 0.455. The van der Waals surface area contributed by atoms with Gasteiger partial charge in [0.15, 0.2) is 0 Å². The van der Waals surface area contributed by atoms with Gasteiger partial charge in [-0.1, -0.05) is 11.6 Å². The lowest BCUT2D eigenvalue weighted by atomic mass is 10.1. The van der Waals surface area contributed by atoms with Crippen LogP contribution in [0.4, 0.5) is 8.78 Å². The fourth-order valence-corrected chi connectivity index (χ4v) is 1.95. The van der Waals surface area contributed by atoms with Crippen molar-refractivity contribution in [3.8, 4) is 5.75 Å². The quantitative estimate of drug-likeness (QED) is 0.883. The van der Waals surface area contributed by atoms with E-state index in [2.05, 4.69) is 5.32 Å². The molecule has 1 aliphatic heterocycles. The van der Waals surface area contributed by atoms with Crippen LogP contribution in [0.5, 0.6) is 5.75 Å². The average Bonchev–Trinajstić information content (AvgIpc) is 2.58. The van der Waals surface area contributed by atoms with Gasteiger partial charge in [-0.2, -0.15) is 0 Å². The van der Waals surface area contributed by atoms with E-state index in [1.54, 1.807) is 6.07 Å². The van der Waals surface area contributed by atoms with Crippen LogP contribution in [-0.4, -0.2) is 25.6 Å². The highest BCUT2D eigenvalue weighted by molar-refractivity contribution is 6.30. The summed E-state index contributed by atoms with van der Waals surface area (Å²) in [4.78, 5) is 0. The molecule has 0 saturated heterocycles. The van der Waals surface area contributed by atoms with Gasteiger partial charge in [0, 0.05) is 18.0 Å². The van der Waals surface area contributed by atoms with Crippen molar-refractivity contribution < 1.29 is 13.5 Å². The first-order valence-electron chi connectivity index (χ1n) is 5.09. The minimum absolute atomic E-state index is 0.0767. The van der Waals surface area contributed by atoms with Gasteiger partial charge in [0.05, 0.1) is 6.54 Å². The summed E-state index contributed by atoms with van der Waals surface area (Å²) in [5.74, 6) is 0.799. The second-order valence-corrected chi connectivity index (χ2v) is 4.18. The van der Waals surface area contributed by atoms with Crippen molar-refractivity contribution in [1.82, 2.24) is 5.32 Å². The molecular formula is C11H12ClF2NO. The molecule has 0 saturated carbocycles. The second-order valence-electron chi connectivity index (χ2n) is 3.75. The Hall–Kier alpha value is -0.870. The highest BCUT2D eigenvalue weighted by atomic mass is 35.5. The normalized spacial score (nSPS) is 18.6. The number of hydrogen-bond acceptors (Lipinski definition) is 2. The van der Waals surface area contributed by atoms with E-state index in [-0.39, 0.29) is 12.6 Å². The molecule has 0 aromatic heterocycles. The summed E-state index contributed by atoms with van der Waals surface area (Å²) in [5, 5.41) is 3.34. The molecular weight excluding hydrogens is 236 g/mol. The Morgan fingerprint density at radius 3 is 3.06 bits per heavy atom. The van der Waals surface area contributed by atoms with Gasteiger partial charge in [-0.25, -0.2) is 8.78 Å². The molecule has 1 atom stereocenters. The zero-order valence-corrected chi connectivity index (χ0v) is 9.31. The first kappa shape index (κ1) is 11.6. The third-order valence-electron chi connectivity index (χ3n) is 2.43. The predicted molar refractivity (Wildman–Crippen MR) is 58.4 cm³/mol. The molecule has 1 aromatic rings. The topological polar surface area (TPSA) is 21.3 Å². The third kappa shape index (κ3) is 2.83. The predicted octanol–water partition coefficient (Wildman–Crippen LogP) is 2.50. The Balaban J connectivity index is 1.86. The number of rotatable bonds is 4. The highest BCUT2D eigenvalue weighted by Crippen LogP contribution is 2.30. The van der Waals surface area contributed by atoms with E-state index in [4.69, 9.17) is 16.3 Å². The summed E-state index contributed by atoms with van der Waals surface area (Å²) in [6.07, 6.45) is -1.68. The molecule has 0 aliphatic carbocycles. The van der Waals surface area contributed by atoms with E-state index in [0.29, 0.717) is 18.0 Å². The van der Waals surface area contributed by atoms with Crippen molar-refractivity contribution in [2.75, 3.05) is 13.1 Å². The van der Waals surface area contributed by atoms with Crippen molar-refractivity contribution >= 4 is 11.6 Å². The van der Waals surface area contributed by atoms with Crippen molar-refractivity contribution in [2.24, 2.45) is 0 Å². The van der Waals surface area contributed by atoms with Gasteiger partial charge in [-0.3, -0.25) is 0 Å². The van der Waals surface area contributed by atoms with E-state index < -0.39 is 6.43 Å². The molecule has 1 N–H and O–H groups in total. The van der Waals surface area contributed by atoms with Crippen molar-refractivity contribution in [3.05, 3.63) is 28.8 Å². The first-order valence-corrected chi connectivity index (χ1v) is 5.47. The van der Waals surface area contributed by atoms with E-state index in [9.17, 15) is 8.78 Å². The zero-order chi connectivity index (χ0) is 11.5. The Labute approximate surface area is 97.5 Å². The molecule has 1 aliphatic rings. The molecule has 0 radical (unpaired) electrons. The van der Waals surface area contributed by atoms with Crippen LogP contribution in [-0.2, 0) is 6.42 Å². The molecule has 0 amide bonds. The summed E-state index contributed by atoms with van der Waals surface area (Å²) in [6.45, 7) is 0.133. The summed E-state index contributed by atoms with van der Waals surface area (Å²) in [6, 6.07) is 5.42. The maximum atomic E-state index is 11.9. The molecule has 88 valence electrons. The lowest BCUT2D eigenvalue weighted by Crippen LogP contribution is -2.32. The van der Waals surface area contributed by atoms with Crippen LogP contribution in [0.2, 0.25) is 5.02 Å². The number of hydrogen-bond donors (Lipinski definition) is 1. The maximum Gasteiger partial charge on any atom is 0.250 e. The summed E-state index contributed by atoms with van der Waals surface area (Å²) in [7, 11) is 0. The van der Waals surface area contributed by atoms with Gasteiger partial charge in [0.25, 0.3) is 6.43 Å². The van der Waals surface area contributed by atoms with Crippen molar-refractivity contribution in [2.45, 2.75) is 19.0 Å². The number of benzene rings is 1. The average molecular weight is 248 g/mol. The molecule has 1 unspecified atom stereocenters. The lowest BCUT2D eigenvalue weighted by Gasteiger charge is -2.11. The number of halogens is 3. The molecule has 1 aromatic carbocycles. The summed E-state index contributed by atoms with van der Waals surface area (Å²) >= 11 is 5.85. The largest absolute Gasteiger partial charge is 0.488 e. The van der Waals surface area contributed by atoms with Gasteiger partial charge >= 0.3 is 0 Å². The lowest BCUT2D eigenvalue weighted by molar-refractivity contribution is 0.138. The molecule has 16 heavy (non-hydrogen) atoms. The minimum Gasteiger partial charge on any atom is -0.488 e. The Morgan fingerprint density at radius 2 is 2.31 bits per heavy atom. The number of alkyl halides is 2. The number of ether oxygens (including phenoxy) is 1. The molecule has 0 spiro atoms. The second kappa shape index (κ2) is 4.97. The third-order valence-corrected chi connectivity index (χ3v) is 2.67. The highest BCUT2D eigenvalue weighted by Gasteiger charge is 2.22. The molecule has 2 nitrogen and oxygen atoms in total. The Kier molecular flexibility index (Phi) is 3.61. The van der Waals surface area contributed by atoms with Gasteiger partial charge in [0.2, 0.25) is 0 Å². The van der Waals surface area contributed by atoms with Gasteiger partial charge in [-0.05, 0) is 23.8 Å². The molecule has 0 bridgehead atoms. The fourth-order valence-electron chi connectivity index (χ4n) is 1.76. The zero-order valence-electron chi connectivity index (χ0n) is 8.55. The van der Waals surface area contributed by atoms with E-state index in [1.165, 1.54) is 0 Å². The van der Waals surface area contributed by atoms with Gasteiger partial charge < -0.3 is 10.1 Å². The smallest absolute Gasteiger partial charge is 0.250 e. The van der Waals surface area contributed by atoms with Crippen LogP contribution >= 0.6 is 11.6 Å². The van der Waals surface area contributed by atoms with Crippen molar-refractivity contribution in [3.63, 3.8) is 0 Å². The summed E-state index contributed by atoms with van der Waals surface area (Å²) < 4.78 is 29.4. The van der Waals surface area contributed by atoms with Crippen LogP contribution in [0, 0.1) is 0 Å². The monoisotopic (exact) mass is 247 g/mol. The van der Waals surface area contributed by atoms with Crippen LogP contribution in [0.25, 0.3) is 0 Å². The molecule has 1 heterocycles. The van der Waals surface area contributed by atoms with Crippen molar-refractivity contribution in [1.29, 1.82) is 0 Å². The first-order chi connectivity index (χ1) is 7.65. The standard InChI is InChI=1S/C11H12ClF2NO/c12-8-1-2-10-7(3-8)4-9(16-10)5-15-6-11(13)14/h1-3,9,11,15H,4-6H2. The van der Waals surface area contributed by atoms with Crippen LogP contribution in [0.1, 0.15) is 5.56 Å². The van der Waals surface area contributed by atoms with Gasteiger partial charge in [0.1, 0.15) is 11.9 Å². The van der Waals surface area contributed by atoms with Crippen LogP contribution in [0.15, 0.2) is 18.2 Å². The van der Waals surface area contributed by atoms with E-state index in [1.807, 2.05) is 12.1 Å². The Morgan fingerprint density at radius 1 is 1.50 bits per heavy atom. The number of nitrogens with one attached hydrogen (secondary N) is 1. The summed E-state index contributed by atoms with van der Waals surface area (Å²) in [5.41, 5.74) is 1.04. The molecule has 2 rings (SSSR count). The van der Waals surface area contributed by atoms with Crippen LogP contribution < -0.4 is 10.1 Å². The molecule has 5 heteroatoms. The van der Waals surface area contributed by atoms with Gasteiger partial charge in [-0.15, -0.1) is 0 Å². The van der Waals surface area contributed by atoms with Crippen LogP contribution in [0.3, 0.4) is 0 Å². The minimum atomic E-state index is -2.32. The maximum absolute atomic E-state index is 11.9. The Bertz CT molecular complexity index is 373.